The average Bonchev–Trinajstić information content (AvgIpc) is 2.76. The summed E-state index contributed by atoms with van der Waals surface area (Å²) in [5.74, 6) is -0.726. The Morgan fingerprint density at radius 3 is 2.38 bits per heavy atom. The smallest absolute Gasteiger partial charge is 0.244 e. The van der Waals surface area contributed by atoms with E-state index in [1.807, 2.05) is 51.1 Å². The number of nitrogens with one attached hydrogen (secondary N) is 1. The number of hydrogen-bond acceptors (Lipinski definition) is 4. The van der Waals surface area contributed by atoms with Crippen LogP contribution in [0.1, 0.15) is 43.4 Å². The fourth-order valence-corrected chi connectivity index (χ4v) is 4.73. The van der Waals surface area contributed by atoms with Crippen molar-refractivity contribution in [3.63, 3.8) is 0 Å². The van der Waals surface area contributed by atoms with Gasteiger partial charge in [0, 0.05) is 17.6 Å². The van der Waals surface area contributed by atoms with Gasteiger partial charge in [-0.15, -0.1) is 0 Å². The van der Waals surface area contributed by atoms with Crippen LogP contribution in [0.3, 0.4) is 0 Å². The molecule has 0 radical (unpaired) electrons. The Morgan fingerprint density at radius 2 is 1.79 bits per heavy atom. The number of rotatable bonds is 11. The van der Waals surface area contributed by atoms with Gasteiger partial charge in [0.1, 0.15) is 12.6 Å². The van der Waals surface area contributed by atoms with Gasteiger partial charge in [0.05, 0.1) is 11.9 Å². The minimum Gasteiger partial charge on any atom is -0.354 e. The molecular weight excluding hydrogens is 518 g/mol. The maximum atomic E-state index is 13.5. The van der Waals surface area contributed by atoms with Crippen molar-refractivity contribution in [2.75, 3.05) is 23.7 Å². The Balaban J connectivity index is 2.37. The molecule has 2 amide bonds. The van der Waals surface area contributed by atoms with E-state index in [0.29, 0.717) is 12.2 Å². The first kappa shape index (κ1) is 27.9. The van der Waals surface area contributed by atoms with Crippen LogP contribution in [0.2, 0.25) is 0 Å². The molecule has 0 aromatic heterocycles. The number of carbonyl (C=O) groups is 2. The molecule has 0 unspecified atom stereocenters. The van der Waals surface area contributed by atoms with E-state index in [4.69, 9.17) is 0 Å². The van der Waals surface area contributed by atoms with Crippen LogP contribution in [-0.4, -0.2) is 50.5 Å². The summed E-state index contributed by atoms with van der Waals surface area (Å²) < 4.78 is 27.2. The van der Waals surface area contributed by atoms with Gasteiger partial charge in [-0.2, -0.15) is 0 Å². The third-order valence-corrected chi connectivity index (χ3v) is 7.33. The zero-order valence-corrected chi connectivity index (χ0v) is 22.9. The fourth-order valence-electron chi connectivity index (χ4n) is 3.45. The van der Waals surface area contributed by atoms with E-state index >= 15 is 0 Å². The summed E-state index contributed by atoms with van der Waals surface area (Å²) in [7, 11) is -3.74. The molecule has 7 nitrogen and oxygen atoms in total. The lowest BCUT2D eigenvalue weighted by Gasteiger charge is -2.31. The zero-order valence-electron chi connectivity index (χ0n) is 20.5. The van der Waals surface area contributed by atoms with Gasteiger partial charge in [0.15, 0.2) is 0 Å². The molecule has 0 saturated carbocycles. The van der Waals surface area contributed by atoms with Crippen LogP contribution in [0.15, 0.2) is 46.9 Å². The summed E-state index contributed by atoms with van der Waals surface area (Å²) in [5.41, 5.74) is 3.19. The predicted octanol–water partition coefficient (Wildman–Crippen LogP) is 4.17. The Hall–Kier alpha value is -2.39. The third kappa shape index (κ3) is 7.84. The normalized spacial score (nSPS) is 12.2. The zero-order chi connectivity index (χ0) is 25.5. The quantitative estimate of drug-likeness (QED) is 0.424. The lowest BCUT2D eigenvalue weighted by molar-refractivity contribution is -0.139. The number of unbranched alkanes of at least 4 members (excludes halogenated alkanes) is 1. The van der Waals surface area contributed by atoms with Gasteiger partial charge in [-0.3, -0.25) is 13.9 Å². The molecule has 1 N–H and O–H groups in total. The summed E-state index contributed by atoms with van der Waals surface area (Å²) >= 11 is 3.44. The first-order valence-electron chi connectivity index (χ1n) is 11.3. The van der Waals surface area contributed by atoms with Gasteiger partial charge >= 0.3 is 0 Å². The number of hydrogen-bond donors (Lipinski definition) is 1. The van der Waals surface area contributed by atoms with Gasteiger partial charge in [-0.1, -0.05) is 47.5 Å². The van der Waals surface area contributed by atoms with Crippen molar-refractivity contribution in [1.29, 1.82) is 0 Å². The highest BCUT2D eigenvalue weighted by atomic mass is 79.9. The van der Waals surface area contributed by atoms with Crippen LogP contribution in [0, 0.1) is 13.8 Å². The second-order valence-electron chi connectivity index (χ2n) is 8.51. The molecule has 0 aliphatic rings. The Morgan fingerprint density at radius 1 is 1.09 bits per heavy atom. The van der Waals surface area contributed by atoms with Crippen molar-refractivity contribution in [1.82, 2.24) is 10.2 Å². The van der Waals surface area contributed by atoms with E-state index in [2.05, 4.69) is 21.2 Å². The van der Waals surface area contributed by atoms with E-state index in [1.165, 1.54) is 4.90 Å². The molecule has 0 heterocycles. The van der Waals surface area contributed by atoms with Crippen LogP contribution >= 0.6 is 15.9 Å². The van der Waals surface area contributed by atoms with Crippen LogP contribution in [0.25, 0.3) is 0 Å². The first-order valence-corrected chi connectivity index (χ1v) is 13.9. The van der Waals surface area contributed by atoms with E-state index in [1.54, 1.807) is 19.1 Å². The van der Waals surface area contributed by atoms with Crippen molar-refractivity contribution >= 4 is 43.5 Å². The topological polar surface area (TPSA) is 86.8 Å². The average molecular weight is 553 g/mol. The van der Waals surface area contributed by atoms with Gasteiger partial charge < -0.3 is 10.2 Å². The predicted molar refractivity (Wildman–Crippen MR) is 140 cm³/mol. The lowest BCUT2D eigenvalue weighted by atomic mass is 10.1. The van der Waals surface area contributed by atoms with Crippen molar-refractivity contribution in [3.05, 3.63) is 63.6 Å². The van der Waals surface area contributed by atoms with Gasteiger partial charge in [-0.05, 0) is 68.1 Å². The van der Waals surface area contributed by atoms with Crippen LogP contribution in [-0.2, 0) is 26.2 Å². The number of amides is 2. The standard InChI is InChI=1S/C25H34BrN3O4S/c1-6-7-13-27-25(31)20(4)28(16-21-9-8-10-22(26)15-21)24(30)17-29(34(5,32)33)23-12-11-18(2)19(3)14-23/h8-12,14-15,20H,6-7,13,16-17H2,1-5H3,(H,27,31)/t20-/m1/s1. The molecule has 34 heavy (non-hydrogen) atoms. The summed E-state index contributed by atoms with van der Waals surface area (Å²) in [6.45, 7) is 7.82. The number of nitrogens with zero attached hydrogens (tertiary/aromatic N) is 2. The molecule has 0 fully saturated rings. The Kier molecular flexibility index (Phi) is 10.1. The third-order valence-electron chi connectivity index (χ3n) is 5.70. The molecule has 0 bridgehead atoms. The van der Waals surface area contributed by atoms with Crippen LogP contribution in [0.5, 0.6) is 0 Å². The highest BCUT2D eigenvalue weighted by Gasteiger charge is 2.30. The van der Waals surface area contributed by atoms with Gasteiger partial charge in [-0.25, -0.2) is 8.42 Å². The lowest BCUT2D eigenvalue weighted by Crippen LogP contribution is -2.51. The Labute approximate surface area is 211 Å². The monoisotopic (exact) mass is 551 g/mol. The summed E-state index contributed by atoms with van der Waals surface area (Å²) in [4.78, 5) is 27.8. The molecule has 2 aromatic carbocycles. The van der Waals surface area contributed by atoms with E-state index in [9.17, 15) is 18.0 Å². The van der Waals surface area contributed by atoms with Crippen molar-refractivity contribution in [2.45, 2.75) is 53.1 Å². The number of carbonyl (C=O) groups excluding carboxylic acids is 2. The van der Waals surface area contributed by atoms with Gasteiger partial charge in [0.2, 0.25) is 21.8 Å². The number of aryl methyl sites for hydroxylation is 2. The summed E-state index contributed by atoms with van der Waals surface area (Å²) in [6.07, 6.45) is 2.86. The SMILES string of the molecule is CCCCNC(=O)[C@@H](C)N(Cc1cccc(Br)c1)C(=O)CN(c1ccc(C)c(C)c1)S(C)(=O)=O. The minimum atomic E-state index is -3.74. The molecule has 2 rings (SSSR count). The summed E-state index contributed by atoms with van der Waals surface area (Å²) in [6, 6.07) is 12.0. The van der Waals surface area contributed by atoms with E-state index < -0.39 is 28.5 Å². The van der Waals surface area contributed by atoms with E-state index in [-0.39, 0.29) is 12.5 Å². The van der Waals surface area contributed by atoms with Crippen molar-refractivity contribution in [3.8, 4) is 0 Å². The molecule has 0 aliphatic heterocycles. The molecule has 0 aliphatic carbocycles. The van der Waals surface area contributed by atoms with Crippen molar-refractivity contribution in [2.24, 2.45) is 0 Å². The number of halogens is 1. The largest absolute Gasteiger partial charge is 0.354 e. The molecule has 0 saturated heterocycles. The molecule has 0 spiro atoms. The summed E-state index contributed by atoms with van der Waals surface area (Å²) in [5, 5.41) is 2.87. The molecule has 1 atom stereocenters. The van der Waals surface area contributed by atoms with Crippen molar-refractivity contribution < 1.29 is 18.0 Å². The molecule has 9 heteroatoms. The molecule has 186 valence electrons. The number of benzene rings is 2. The second kappa shape index (κ2) is 12.4. The van der Waals surface area contributed by atoms with Crippen LogP contribution in [0.4, 0.5) is 5.69 Å². The second-order valence-corrected chi connectivity index (χ2v) is 11.3. The highest BCUT2D eigenvalue weighted by Crippen LogP contribution is 2.22. The highest BCUT2D eigenvalue weighted by molar-refractivity contribution is 9.10. The number of anilines is 1. The van der Waals surface area contributed by atoms with Crippen LogP contribution < -0.4 is 9.62 Å². The number of sulfonamides is 1. The van der Waals surface area contributed by atoms with E-state index in [0.717, 1.165) is 44.6 Å². The molecular formula is C25H34BrN3O4S. The fraction of sp³-hybridized carbons (Fsp3) is 0.440. The minimum absolute atomic E-state index is 0.172. The Bertz CT molecular complexity index is 1120. The van der Waals surface area contributed by atoms with Gasteiger partial charge in [0.25, 0.3) is 0 Å². The maximum Gasteiger partial charge on any atom is 0.244 e. The first-order chi connectivity index (χ1) is 15.9. The maximum absolute atomic E-state index is 13.5. The molecule has 2 aromatic rings.